The van der Waals surface area contributed by atoms with E-state index in [1.807, 2.05) is 24.3 Å². The van der Waals surface area contributed by atoms with Gasteiger partial charge in [0.05, 0.1) is 0 Å². The lowest BCUT2D eigenvalue weighted by molar-refractivity contribution is -0.153. The van der Waals surface area contributed by atoms with E-state index >= 15 is 0 Å². The molecule has 0 aliphatic carbocycles. The van der Waals surface area contributed by atoms with Gasteiger partial charge in [-0.3, -0.25) is 0 Å². The van der Waals surface area contributed by atoms with Gasteiger partial charge in [0.25, 0.3) is 0 Å². The summed E-state index contributed by atoms with van der Waals surface area (Å²) in [4.78, 5) is 0. The third-order valence-corrected chi connectivity index (χ3v) is 3.43. The van der Waals surface area contributed by atoms with Crippen molar-refractivity contribution in [3.05, 3.63) is 64.1 Å². The minimum atomic E-state index is -4.31. The number of alkyl halides is 3. The Morgan fingerprint density at radius 3 is 1.86 bits per heavy atom. The molecule has 0 aliphatic rings. The van der Waals surface area contributed by atoms with Crippen LogP contribution in [0.1, 0.15) is 11.1 Å². The number of halogens is 4. The molecular formula is C16H15BrF3NO. The van der Waals surface area contributed by atoms with Gasteiger partial charge in [-0.1, -0.05) is 40.2 Å². The normalized spacial score (nSPS) is 11.5. The van der Waals surface area contributed by atoms with Gasteiger partial charge >= 0.3 is 6.18 Å². The highest BCUT2D eigenvalue weighted by molar-refractivity contribution is 9.10. The van der Waals surface area contributed by atoms with Crippen molar-refractivity contribution in [2.75, 3.05) is 6.61 Å². The number of hydrogen-bond acceptors (Lipinski definition) is 2. The Kier molecular flexibility index (Phi) is 5.85. The summed E-state index contributed by atoms with van der Waals surface area (Å²) in [6, 6.07) is 14.6. The number of rotatable bonds is 6. The minimum Gasteiger partial charge on any atom is -0.484 e. The maximum atomic E-state index is 12.0. The number of ether oxygens (including phenoxy) is 1. The maximum absolute atomic E-state index is 12.0. The molecular weight excluding hydrogens is 359 g/mol. The molecule has 0 radical (unpaired) electrons. The van der Waals surface area contributed by atoms with Crippen LogP contribution in [0.3, 0.4) is 0 Å². The molecule has 0 fully saturated rings. The monoisotopic (exact) mass is 373 g/mol. The summed E-state index contributed by atoms with van der Waals surface area (Å²) >= 11 is 3.38. The molecule has 2 rings (SSSR count). The molecule has 0 saturated carbocycles. The molecule has 2 aromatic carbocycles. The Balaban J connectivity index is 1.77. The molecule has 0 heterocycles. The van der Waals surface area contributed by atoms with Crippen molar-refractivity contribution in [3.8, 4) is 5.75 Å². The fraction of sp³-hybridized carbons (Fsp3) is 0.250. The van der Waals surface area contributed by atoms with Crippen LogP contribution in [0.15, 0.2) is 53.0 Å². The number of hydrogen-bond donors (Lipinski definition) is 1. The predicted octanol–water partition coefficient (Wildman–Crippen LogP) is 4.68. The highest BCUT2D eigenvalue weighted by Crippen LogP contribution is 2.19. The summed E-state index contributed by atoms with van der Waals surface area (Å²) in [7, 11) is 0. The fourth-order valence-electron chi connectivity index (χ4n) is 1.82. The van der Waals surface area contributed by atoms with E-state index in [-0.39, 0.29) is 5.75 Å². The summed E-state index contributed by atoms with van der Waals surface area (Å²) in [5.41, 5.74) is 2.14. The van der Waals surface area contributed by atoms with Crippen molar-refractivity contribution in [2.45, 2.75) is 19.3 Å². The van der Waals surface area contributed by atoms with Crippen LogP contribution in [-0.4, -0.2) is 12.8 Å². The molecule has 0 aromatic heterocycles. The molecule has 0 atom stereocenters. The molecule has 0 spiro atoms. The topological polar surface area (TPSA) is 21.3 Å². The molecule has 0 bridgehead atoms. The lowest BCUT2D eigenvalue weighted by atomic mass is 10.2. The first kappa shape index (κ1) is 16.8. The van der Waals surface area contributed by atoms with Crippen LogP contribution in [0.25, 0.3) is 0 Å². The largest absolute Gasteiger partial charge is 0.484 e. The molecule has 118 valence electrons. The van der Waals surface area contributed by atoms with Crippen LogP contribution >= 0.6 is 15.9 Å². The van der Waals surface area contributed by atoms with E-state index in [1.54, 1.807) is 24.3 Å². The van der Waals surface area contributed by atoms with Crippen molar-refractivity contribution in [3.63, 3.8) is 0 Å². The van der Waals surface area contributed by atoms with Crippen LogP contribution < -0.4 is 10.1 Å². The Hall–Kier alpha value is -1.53. The van der Waals surface area contributed by atoms with E-state index in [0.29, 0.717) is 6.54 Å². The number of nitrogens with one attached hydrogen (secondary N) is 1. The van der Waals surface area contributed by atoms with Crippen LogP contribution in [0.4, 0.5) is 13.2 Å². The van der Waals surface area contributed by atoms with Gasteiger partial charge in [0, 0.05) is 17.6 Å². The second kappa shape index (κ2) is 7.65. The van der Waals surface area contributed by atoms with Gasteiger partial charge in [0.2, 0.25) is 0 Å². The average molecular weight is 374 g/mol. The third-order valence-electron chi connectivity index (χ3n) is 2.90. The van der Waals surface area contributed by atoms with Gasteiger partial charge in [0.1, 0.15) is 5.75 Å². The van der Waals surface area contributed by atoms with E-state index in [4.69, 9.17) is 0 Å². The highest BCUT2D eigenvalue weighted by atomic mass is 79.9. The zero-order chi connectivity index (χ0) is 16.0. The van der Waals surface area contributed by atoms with Gasteiger partial charge in [-0.25, -0.2) is 0 Å². The lowest BCUT2D eigenvalue weighted by Crippen LogP contribution is -2.19. The van der Waals surface area contributed by atoms with Crippen molar-refractivity contribution in [2.24, 2.45) is 0 Å². The molecule has 2 aromatic rings. The van der Waals surface area contributed by atoms with Crippen LogP contribution in [0.5, 0.6) is 5.75 Å². The van der Waals surface area contributed by atoms with Crippen LogP contribution in [0.2, 0.25) is 0 Å². The Morgan fingerprint density at radius 1 is 0.864 bits per heavy atom. The van der Waals surface area contributed by atoms with Crippen LogP contribution in [-0.2, 0) is 13.1 Å². The van der Waals surface area contributed by atoms with Gasteiger partial charge in [-0.2, -0.15) is 13.2 Å². The molecule has 1 N–H and O–H groups in total. The van der Waals surface area contributed by atoms with Gasteiger partial charge < -0.3 is 10.1 Å². The molecule has 0 unspecified atom stereocenters. The highest BCUT2D eigenvalue weighted by Gasteiger charge is 2.28. The first-order valence-electron chi connectivity index (χ1n) is 6.66. The second-order valence-corrected chi connectivity index (χ2v) is 5.69. The zero-order valence-electron chi connectivity index (χ0n) is 11.7. The molecule has 0 saturated heterocycles. The Labute approximate surface area is 135 Å². The summed E-state index contributed by atoms with van der Waals surface area (Å²) in [5, 5.41) is 3.28. The predicted molar refractivity (Wildman–Crippen MR) is 82.7 cm³/mol. The fourth-order valence-corrected chi connectivity index (χ4v) is 2.09. The van der Waals surface area contributed by atoms with Crippen molar-refractivity contribution >= 4 is 15.9 Å². The summed E-state index contributed by atoms with van der Waals surface area (Å²) in [5.74, 6) is 0.217. The average Bonchev–Trinajstić information content (AvgIpc) is 2.48. The standard InChI is InChI=1S/C16H15BrF3NO/c17-14-5-1-12(2-6-14)9-21-10-13-3-7-15(8-4-13)22-11-16(18,19)20/h1-8,21H,9-11H2. The molecule has 2 nitrogen and oxygen atoms in total. The van der Waals surface area contributed by atoms with E-state index in [0.717, 1.165) is 22.1 Å². The van der Waals surface area contributed by atoms with Gasteiger partial charge in [0.15, 0.2) is 6.61 Å². The van der Waals surface area contributed by atoms with Gasteiger partial charge in [-0.05, 0) is 35.4 Å². The van der Waals surface area contributed by atoms with Crippen molar-refractivity contribution < 1.29 is 17.9 Å². The Bertz CT molecular complexity index is 582. The molecule has 6 heteroatoms. The van der Waals surface area contributed by atoms with Crippen LogP contribution in [0, 0.1) is 0 Å². The first-order valence-corrected chi connectivity index (χ1v) is 7.45. The van der Waals surface area contributed by atoms with Crippen molar-refractivity contribution in [1.82, 2.24) is 5.32 Å². The van der Waals surface area contributed by atoms with E-state index in [2.05, 4.69) is 26.0 Å². The Morgan fingerprint density at radius 2 is 1.36 bits per heavy atom. The quantitative estimate of drug-likeness (QED) is 0.793. The summed E-state index contributed by atoms with van der Waals surface area (Å²) in [6.45, 7) is 0.0867. The van der Waals surface area contributed by atoms with E-state index in [9.17, 15) is 13.2 Å². The maximum Gasteiger partial charge on any atom is 0.422 e. The zero-order valence-corrected chi connectivity index (χ0v) is 13.2. The third kappa shape index (κ3) is 6.07. The smallest absolute Gasteiger partial charge is 0.422 e. The SMILES string of the molecule is FC(F)(F)COc1ccc(CNCc2ccc(Br)cc2)cc1. The summed E-state index contributed by atoms with van der Waals surface area (Å²) in [6.07, 6.45) is -4.31. The summed E-state index contributed by atoms with van der Waals surface area (Å²) < 4.78 is 41.8. The van der Waals surface area contributed by atoms with E-state index in [1.165, 1.54) is 0 Å². The second-order valence-electron chi connectivity index (χ2n) is 4.78. The molecule has 0 aliphatic heterocycles. The minimum absolute atomic E-state index is 0.217. The molecule has 0 amide bonds. The number of benzene rings is 2. The lowest BCUT2D eigenvalue weighted by Gasteiger charge is -2.10. The van der Waals surface area contributed by atoms with E-state index < -0.39 is 12.8 Å². The molecule has 22 heavy (non-hydrogen) atoms. The van der Waals surface area contributed by atoms with Gasteiger partial charge in [-0.15, -0.1) is 0 Å². The first-order chi connectivity index (χ1) is 10.4. The van der Waals surface area contributed by atoms with Crippen molar-refractivity contribution in [1.29, 1.82) is 0 Å².